The van der Waals surface area contributed by atoms with Gasteiger partial charge in [-0.05, 0) is 22.6 Å². The Bertz CT molecular complexity index is 1350. The number of rotatable bonds is 1. The largest absolute Gasteiger partial charge is 0.502 e. The molecule has 2 N–H and O–H groups in total. The molecule has 5 heterocycles. The van der Waals surface area contributed by atoms with E-state index in [0.717, 1.165) is 27.0 Å². The summed E-state index contributed by atoms with van der Waals surface area (Å²) >= 11 is 1.58. The average molecular weight is 435 g/mol. The Balaban J connectivity index is 1.47. The number of allylic oxidation sites excluding steroid dienone is 2. The summed E-state index contributed by atoms with van der Waals surface area (Å²) in [7, 11) is 0. The molecule has 1 fully saturated rings. The second-order valence-corrected chi connectivity index (χ2v) is 8.38. The number of nitrogens with zero attached hydrogens (tertiary/aromatic N) is 2. The molecular weight excluding hydrogens is 418 g/mol. The van der Waals surface area contributed by atoms with Gasteiger partial charge in [0, 0.05) is 24.2 Å². The minimum Gasteiger partial charge on any atom is -0.502 e. The van der Waals surface area contributed by atoms with E-state index in [1.165, 1.54) is 16.9 Å². The summed E-state index contributed by atoms with van der Waals surface area (Å²) < 4.78 is 13.3. The number of pyridine rings is 1. The molecule has 156 valence electrons. The molecule has 8 nitrogen and oxygen atoms in total. The Morgan fingerprint density at radius 2 is 2.10 bits per heavy atom. The van der Waals surface area contributed by atoms with Gasteiger partial charge >= 0.3 is 0 Å². The van der Waals surface area contributed by atoms with Crippen LogP contribution in [0.15, 0.2) is 68.4 Å². The first-order valence-corrected chi connectivity index (χ1v) is 10.7. The highest BCUT2D eigenvalue weighted by molar-refractivity contribution is 8.02. The van der Waals surface area contributed by atoms with Crippen LogP contribution in [0.3, 0.4) is 0 Å². The van der Waals surface area contributed by atoms with Crippen molar-refractivity contribution in [2.45, 2.75) is 17.2 Å². The van der Waals surface area contributed by atoms with Crippen LogP contribution in [0.5, 0.6) is 5.75 Å². The summed E-state index contributed by atoms with van der Waals surface area (Å²) in [5, 5.41) is 13.2. The molecule has 3 aliphatic heterocycles. The minimum absolute atomic E-state index is 0.0626. The van der Waals surface area contributed by atoms with Crippen LogP contribution in [0, 0.1) is 0 Å². The van der Waals surface area contributed by atoms with Crippen LogP contribution in [0.2, 0.25) is 0 Å². The molecule has 3 aliphatic rings. The lowest BCUT2D eigenvalue weighted by Crippen LogP contribution is -2.63. The SMILES string of the molecule is O=C1c2c(O)c(=O)ccn2NC2C(C3=CC=CSc4c3ccc3ccoc43)OCCN12. The van der Waals surface area contributed by atoms with E-state index in [4.69, 9.17) is 9.15 Å². The first kappa shape index (κ1) is 18.3. The normalized spacial score (nSPS) is 22.3. The zero-order valence-electron chi connectivity index (χ0n) is 16.1. The molecule has 6 rings (SSSR count). The van der Waals surface area contributed by atoms with E-state index in [2.05, 4.69) is 5.43 Å². The third-order valence-electron chi connectivity index (χ3n) is 5.79. The lowest BCUT2D eigenvalue weighted by molar-refractivity contribution is -0.0319. The van der Waals surface area contributed by atoms with Gasteiger partial charge in [-0.25, -0.2) is 0 Å². The molecule has 2 unspecified atom stereocenters. The number of furan rings is 1. The van der Waals surface area contributed by atoms with Gasteiger partial charge in [0.05, 0.1) is 17.8 Å². The number of aromatic nitrogens is 1. The maximum Gasteiger partial charge on any atom is 0.278 e. The Morgan fingerprint density at radius 3 is 3.00 bits per heavy atom. The molecule has 1 amide bonds. The molecular formula is C22H17N3O5S. The number of aromatic hydroxyl groups is 1. The van der Waals surface area contributed by atoms with Crippen LogP contribution in [0.4, 0.5) is 0 Å². The van der Waals surface area contributed by atoms with Crippen molar-refractivity contribution in [2.24, 2.45) is 0 Å². The van der Waals surface area contributed by atoms with Gasteiger partial charge in [-0.2, -0.15) is 0 Å². The lowest BCUT2D eigenvalue weighted by Gasteiger charge is -2.46. The Morgan fingerprint density at radius 1 is 1.19 bits per heavy atom. The van der Waals surface area contributed by atoms with Gasteiger partial charge in [-0.1, -0.05) is 36.0 Å². The van der Waals surface area contributed by atoms with Crippen molar-refractivity contribution in [3.05, 3.63) is 75.8 Å². The zero-order chi connectivity index (χ0) is 21.1. The molecule has 9 heteroatoms. The number of hydrogen-bond acceptors (Lipinski definition) is 7. The predicted molar refractivity (Wildman–Crippen MR) is 115 cm³/mol. The molecule has 0 aliphatic carbocycles. The number of fused-ring (bicyclic) bond motifs is 5. The van der Waals surface area contributed by atoms with Crippen LogP contribution in [0.1, 0.15) is 16.1 Å². The number of hydrogen-bond donors (Lipinski definition) is 2. The van der Waals surface area contributed by atoms with E-state index >= 15 is 0 Å². The molecule has 0 radical (unpaired) electrons. The van der Waals surface area contributed by atoms with Crippen molar-refractivity contribution in [3.8, 4) is 5.75 Å². The number of carbonyl (C=O) groups is 1. The average Bonchev–Trinajstić information content (AvgIpc) is 3.16. The van der Waals surface area contributed by atoms with Crippen molar-refractivity contribution >= 4 is 34.2 Å². The molecule has 31 heavy (non-hydrogen) atoms. The number of morpholine rings is 1. The Hall–Kier alpha value is -3.43. The number of carbonyl (C=O) groups excluding carboxylic acids is 1. The third-order valence-corrected chi connectivity index (χ3v) is 6.73. The van der Waals surface area contributed by atoms with Gasteiger partial charge in [0.2, 0.25) is 5.43 Å². The fraction of sp³-hybridized carbons (Fsp3) is 0.182. The molecule has 0 bridgehead atoms. The van der Waals surface area contributed by atoms with Crippen LogP contribution in [-0.4, -0.2) is 46.0 Å². The summed E-state index contributed by atoms with van der Waals surface area (Å²) in [6.07, 6.45) is 6.09. The lowest BCUT2D eigenvalue weighted by atomic mass is 9.95. The van der Waals surface area contributed by atoms with Crippen LogP contribution >= 0.6 is 11.8 Å². The standard InChI is InChI=1S/C22H17N3O5S/c26-15-5-7-25-16(17(15)27)22(28)24-8-10-30-19(21(24)23-25)13-2-1-11-31-20-14(13)4-3-12-6-9-29-18(12)20/h1-7,9,11,19,21,23,27H,8,10H2. The highest BCUT2D eigenvalue weighted by Crippen LogP contribution is 2.41. The van der Waals surface area contributed by atoms with E-state index in [1.807, 2.05) is 35.8 Å². The number of amides is 1. The molecule has 3 aromatic rings. The number of nitrogens with one attached hydrogen (secondary N) is 1. The fourth-order valence-electron chi connectivity index (χ4n) is 4.35. The second-order valence-electron chi connectivity index (χ2n) is 7.46. The molecule has 2 aromatic heterocycles. The van der Waals surface area contributed by atoms with Gasteiger partial charge in [0.1, 0.15) is 17.9 Å². The predicted octanol–water partition coefficient (Wildman–Crippen LogP) is 2.73. The summed E-state index contributed by atoms with van der Waals surface area (Å²) in [5.41, 5.74) is 5.29. The van der Waals surface area contributed by atoms with E-state index in [9.17, 15) is 14.7 Å². The third kappa shape index (κ3) is 2.67. The zero-order valence-corrected chi connectivity index (χ0v) is 17.0. The minimum atomic E-state index is -0.588. The molecule has 0 spiro atoms. The summed E-state index contributed by atoms with van der Waals surface area (Å²) in [5.74, 6) is -0.965. The fourth-order valence-corrected chi connectivity index (χ4v) is 5.23. The first-order chi connectivity index (χ1) is 15.1. The van der Waals surface area contributed by atoms with E-state index in [1.54, 1.807) is 22.9 Å². The van der Waals surface area contributed by atoms with Gasteiger partial charge in [0.25, 0.3) is 5.91 Å². The highest BCUT2D eigenvalue weighted by atomic mass is 32.2. The van der Waals surface area contributed by atoms with Crippen molar-refractivity contribution in [1.82, 2.24) is 9.58 Å². The van der Waals surface area contributed by atoms with Crippen LogP contribution < -0.4 is 10.9 Å². The van der Waals surface area contributed by atoms with Gasteiger partial charge in [0.15, 0.2) is 11.4 Å². The van der Waals surface area contributed by atoms with Crippen LogP contribution in [-0.2, 0) is 4.74 Å². The summed E-state index contributed by atoms with van der Waals surface area (Å²) in [4.78, 5) is 27.6. The summed E-state index contributed by atoms with van der Waals surface area (Å²) in [6, 6.07) is 7.21. The van der Waals surface area contributed by atoms with E-state index < -0.39 is 29.4 Å². The monoisotopic (exact) mass is 435 g/mol. The van der Waals surface area contributed by atoms with Crippen molar-refractivity contribution < 1.29 is 19.1 Å². The van der Waals surface area contributed by atoms with Gasteiger partial charge in [-0.3, -0.25) is 14.3 Å². The molecule has 1 aromatic carbocycles. The van der Waals surface area contributed by atoms with Crippen molar-refractivity contribution in [1.29, 1.82) is 0 Å². The Kier molecular flexibility index (Phi) is 4.02. The Labute approximate surface area is 180 Å². The van der Waals surface area contributed by atoms with Gasteiger partial charge < -0.3 is 24.6 Å². The first-order valence-electron chi connectivity index (χ1n) is 9.81. The number of benzene rings is 1. The maximum atomic E-state index is 13.2. The quantitative estimate of drug-likeness (QED) is 0.607. The van der Waals surface area contributed by atoms with Crippen molar-refractivity contribution in [3.63, 3.8) is 0 Å². The highest BCUT2D eigenvalue weighted by Gasteiger charge is 2.43. The topological polar surface area (TPSA) is 96.9 Å². The maximum absolute atomic E-state index is 13.2. The van der Waals surface area contributed by atoms with E-state index in [-0.39, 0.29) is 5.69 Å². The molecule has 2 atom stereocenters. The number of thioether (sulfide) groups is 1. The molecule has 1 saturated heterocycles. The second kappa shape index (κ2) is 6.79. The van der Waals surface area contributed by atoms with Crippen molar-refractivity contribution in [2.75, 3.05) is 18.6 Å². The van der Waals surface area contributed by atoms with E-state index in [0.29, 0.717) is 13.2 Å². The molecule has 0 saturated carbocycles. The smallest absolute Gasteiger partial charge is 0.278 e. The van der Waals surface area contributed by atoms with Crippen LogP contribution in [0.25, 0.3) is 16.5 Å². The summed E-state index contributed by atoms with van der Waals surface area (Å²) in [6.45, 7) is 0.677. The van der Waals surface area contributed by atoms with Gasteiger partial charge in [-0.15, -0.1) is 0 Å². The number of ether oxygens (including phenoxy) is 1.